The number of sulfonamides is 1. The number of ether oxygens (including phenoxy) is 2. The molecule has 3 rings (SSSR count). The minimum absolute atomic E-state index is 0.106. The number of nitrogens with one attached hydrogen (secondary N) is 2. The fourth-order valence-corrected chi connectivity index (χ4v) is 3.90. The largest absolute Gasteiger partial charge is 0.497 e. The molecule has 0 saturated carbocycles. The molecule has 2 N–H and O–H groups in total. The van der Waals surface area contributed by atoms with Gasteiger partial charge in [0.2, 0.25) is 0 Å². The summed E-state index contributed by atoms with van der Waals surface area (Å²) in [5.41, 5.74) is 0.304. The van der Waals surface area contributed by atoms with Crippen LogP contribution in [0.1, 0.15) is 16.1 Å². The molecule has 0 saturated heterocycles. The molecular formula is C20H20N2O6S. The summed E-state index contributed by atoms with van der Waals surface area (Å²) < 4.78 is 43.9. The van der Waals surface area contributed by atoms with Crippen molar-refractivity contribution in [2.75, 3.05) is 18.9 Å². The molecule has 3 aromatic rings. The molecule has 0 spiro atoms. The molecular weight excluding hydrogens is 396 g/mol. The number of anilines is 1. The van der Waals surface area contributed by atoms with E-state index in [1.54, 1.807) is 30.3 Å². The quantitative estimate of drug-likeness (QED) is 0.585. The molecule has 1 aromatic heterocycles. The number of methoxy groups -OCH3 is 2. The molecule has 29 heavy (non-hydrogen) atoms. The molecule has 0 radical (unpaired) electrons. The third-order valence-electron chi connectivity index (χ3n) is 4.08. The number of para-hydroxylation sites is 1. The first-order chi connectivity index (χ1) is 13.9. The average Bonchev–Trinajstić information content (AvgIpc) is 3.25. The number of carbonyl (C=O) groups is 1. The van der Waals surface area contributed by atoms with Crippen LogP contribution in [-0.4, -0.2) is 28.5 Å². The maximum absolute atomic E-state index is 13.0. The third-order valence-corrected chi connectivity index (χ3v) is 5.47. The van der Waals surface area contributed by atoms with E-state index < -0.39 is 15.9 Å². The summed E-state index contributed by atoms with van der Waals surface area (Å²) in [5, 5.41) is 2.70. The van der Waals surface area contributed by atoms with Gasteiger partial charge in [0, 0.05) is 6.07 Å². The molecule has 0 unspecified atom stereocenters. The van der Waals surface area contributed by atoms with Gasteiger partial charge < -0.3 is 19.2 Å². The smallest absolute Gasteiger partial charge is 0.265 e. The van der Waals surface area contributed by atoms with Crippen LogP contribution in [0.3, 0.4) is 0 Å². The number of hydrogen-bond acceptors (Lipinski definition) is 6. The summed E-state index contributed by atoms with van der Waals surface area (Å²) in [4.78, 5) is 12.5. The Morgan fingerprint density at radius 1 is 1.03 bits per heavy atom. The second-order valence-electron chi connectivity index (χ2n) is 5.93. The zero-order valence-corrected chi connectivity index (χ0v) is 16.7. The number of furan rings is 1. The topological polar surface area (TPSA) is 107 Å². The summed E-state index contributed by atoms with van der Waals surface area (Å²) in [6.45, 7) is 0.177. The van der Waals surface area contributed by atoms with Crippen LogP contribution in [0, 0.1) is 0 Å². The summed E-state index contributed by atoms with van der Waals surface area (Å²) in [6.07, 6.45) is 1.51. The monoisotopic (exact) mass is 416 g/mol. The highest BCUT2D eigenvalue weighted by Crippen LogP contribution is 2.30. The maximum Gasteiger partial charge on any atom is 0.265 e. The average molecular weight is 416 g/mol. The maximum atomic E-state index is 13.0. The molecule has 0 bridgehead atoms. The Kier molecular flexibility index (Phi) is 6.08. The normalized spacial score (nSPS) is 11.0. The van der Waals surface area contributed by atoms with Crippen LogP contribution in [0.5, 0.6) is 11.5 Å². The van der Waals surface area contributed by atoms with Gasteiger partial charge in [0.05, 0.1) is 38.3 Å². The van der Waals surface area contributed by atoms with Crippen molar-refractivity contribution in [3.05, 3.63) is 72.2 Å². The van der Waals surface area contributed by atoms with Gasteiger partial charge >= 0.3 is 0 Å². The predicted molar refractivity (Wildman–Crippen MR) is 107 cm³/mol. The Morgan fingerprint density at radius 3 is 2.52 bits per heavy atom. The highest BCUT2D eigenvalue weighted by Gasteiger charge is 2.23. The number of benzene rings is 2. The van der Waals surface area contributed by atoms with Gasteiger partial charge in [-0.15, -0.1) is 0 Å². The van der Waals surface area contributed by atoms with Crippen molar-refractivity contribution in [1.82, 2.24) is 5.32 Å². The van der Waals surface area contributed by atoms with E-state index >= 15 is 0 Å². The Morgan fingerprint density at radius 2 is 1.83 bits per heavy atom. The zero-order chi connectivity index (χ0) is 20.9. The van der Waals surface area contributed by atoms with Crippen molar-refractivity contribution < 1.29 is 27.1 Å². The molecule has 9 heteroatoms. The molecule has 0 aliphatic carbocycles. The summed E-state index contributed by atoms with van der Waals surface area (Å²) >= 11 is 0. The fourth-order valence-electron chi connectivity index (χ4n) is 2.64. The second kappa shape index (κ2) is 8.70. The molecule has 8 nitrogen and oxygen atoms in total. The van der Waals surface area contributed by atoms with Gasteiger partial charge in [-0.2, -0.15) is 0 Å². The molecule has 1 heterocycles. The second-order valence-corrected chi connectivity index (χ2v) is 7.58. The van der Waals surface area contributed by atoms with Crippen molar-refractivity contribution >= 4 is 21.6 Å². The van der Waals surface area contributed by atoms with Gasteiger partial charge in [-0.1, -0.05) is 12.1 Å². The van der Waals surface area contributed by atoms with Crippen molar-refractivity contribution in [1.29, 1.82) is 0 Å². The van der Waals surface area contributed by atoms with Gasteiger partial charge in [-0.3, -0.25) is 9.52 Å². The molecule has 2 aromatic carbocycles. The third kappa shape index (κ3) is 4.69. The van der Waals surface area contributed by atoms with Gasteiger partial charge in [-0.05, 0) is 36.4 Å². The fraction of sp³-hybridized carbons (Fsp3) is 0.150. The summed E-state index contributed by atoms with van der Waals surface area (Å²) in [6, 6.07) is 14.2. The molecule has 0 aliphatic rings. The van der Waals surface area contributed by atoms with Crippen LogP contribution in [0.2, 0.25) is 0 Å². The lowest BCUT2D eigenvalue weighted by Gasteiger charge is -2.15. The number of hydrogen-bond donors (Lipinski definition) is 2. The Bertz CT molecular complexity index is 1090. The van der Waals surface area contributed by atoms with Crippen LogP contribution in [0.25, 0.3) is 0 Å². The van der Waals surface area contributed by atoms with Crippen LogP contribution in [-0.2, 0) is 16.6 Å². The summed E-state index contributed by atoms with van der Waals surface area (Å²) in [7, 11) is -1.25. The van der Waals surface area contributed by atoms with E-state index in [0.717, 1.165) is 0 Å². The first-order valence-electron chi connectivity index (χ1n) is 8.59. The van der Waals surface area contributed by atoms with Crippen LogP contribution < -0.4 is 19.5 Å². The molecule has 1 amide bonds. The lowest BCUT2D eigenvalue weighted by molar-refractivity contribution is 0.0949. The van der Waals surface area contributed by atoms with E-state index in [1.165, 1.54) is 44.7 Å². The molecule has 152 valence electrons. The molecule has 0 aliphatic heterocycles. The number of amides is 1. The zero-order valence-electron chi connectivity index (χ0n) is 15.8. The van der Waals surface area contributed by atoms with Gasteiger partial charge in [0.15, 0.2) is 0 Å². The van der Waals surface area contributed by atoms with Gasteiger partial charge in [0.1, 0.15) is 22.2 Å². The minimum Gasteiger partial charge on any atom is -0.497 e. The highest BCUT2D eigenvalue weighted by atomic mass is 32.2. The SMILES string of the molecule is COc1ccc(OC)c(S(=O)(=O)Nc2ccccc2C(=O)NCc2ccco2)c1. The van der Waals surface area contributed by atoms with Crippen molar-refractivity contribution in [3.8, 4) is 11.5 Å². The van der Waals surface area contributed by atoms with E-state index in [0.29, 0.717) is 11.5 Å². The lowest BCUT2D eigenvalue weighted by atomic mass is 10.1. The molecule has 0 atom stereocenters. The lowest BCUT2D eigenvalue weighted by Crippen LogP contribution is -2.24. The Labute approximate surface area is 168 Å². The van der Waals surface area contributed by atoms with Gasteiger partial charge in [-0.25, -0.2) is 8.42 Å². The molecule has 0 fully saturated rings. The number of carbonyl (C=O) groups excluding carboxylic acids is 1. The Balaban J connectivity index is 1.87. The standard InChI is InChI=1S/C20H20N2O6S/c1-26-14-9-10-18(27-2)19(12-14)29(24,25)22-17-8-4-3-7-16(17)20(23)21-13-15-6-5-11-28-15/h3-12,22H,13H2,1-2H3,(H,21,23). The summed E-state index contributed by atoms with van der Waals surface area (Å²) in [5.74, 6) is 0.642. The predicted octanol–water partition coefficient (Wildman–Crippen LogP) is 3.03. The first kappa shape index (κ1) is 20.3. The highest BCUT2D eigenvalue weighted by molar-refractivity contribution is 7.92. The van der Waals surface area contributed by atoms with Gasteiger partial charge in [0.25, 0.3) is 15.9 Å². The van der Waals surface area contributed by atoms with Crippen LogP contribution >= 0.6 is 0 Å². The van der Waals surface area contributed by atoms with Crippen LogP contribution in [0.15, 0.2) is 70.2 Å². The van der Waals surface area contributed by atoms with E-state index in [-0.39, 0.29) is 28.4 Å². The Hall–Kier alpha value is -3.46. The van der Waals surface area contributed by atoms with E-state index in [4.69, 9.17) is 13.9 Å². The van der Waals surface area contributed by atoms with E-state index in [2.05, 4.69) is 10.0 Å². The number of rotatable bonds is 8. The van der Waals surface area contributed by atoms with Crippen molar-refractivity contribution in [3.63, 3.8) is 0 Å². The van der Waals surface area contributed by atoms with Crippen molar-refractivity contribution in [2.45, 2.75) is 11.4 Å². The minimum atomic E-state index is -4.06. The van der Waals surface area contributed by atoms with E-state index in [1.807, 2.05) is 0 Å². The van der Waals surface area contributed by atoms with Crippen LogP contribution in [0.4, 0.5) is 5.69 Å². The van der Waals surface area contributed by atoms with Crippen molar-refractivity contribution in [2.24, 2.45) is 0 Å². The first-order valence-corrected chi connectivity index (χ1v) is 10.1. The van der Waals surface area contributed by atoms with E-state index in [9.17, 15) is 13.2 Å².